The van der Waals surface area contributed by atoms with Crippen molar-refractivity contribution in [3.63, 3.8) is 0 Å². The fraction of sp³-hybridized carbons (Fsp3) is 0.583. The Labute approximate surface area is 183 Å². The van der Waals surface area contributed by atoms with Crippen LogP contribution in [-0.4, -0.2) is 62.4 Å². The molecule has 2 N–H and O–H groups in total. The molecule has 2 unspecified atom stereocenters. The number of aromatic hydroxyl groups is 2. The van der Waals surface area contributed by atoms with Gasteiger partial charge in [0.25, 0.3) is 0 Å². The summed E-state index contributed by atoms with van der Waals surface area (Å²) in [5.41, 5.74) is 2.04. The van der Waals surface area contributed by atoms with Gasteiger partial charge in [-0.1, -0.05) is 12.2 Å². The van der Waals surface area contributed by atoms with Crippen LogP contribution in [0.2, 0.25) is 0 Å². The molecule has 2 aromatic rings. The summed E-state index contributed by atoms with van der Waals surface area (Å²) in [5.74, 6) is 3.39. The summed E-state index contributed by atoms with van der Waals surface area (Å²) >= 11 is 0. The number of unbranched alkanes of at least 4 members (excludes halogenated alkanes) is 1. The highest BCUT2D eigenvalue weighted by atomic mass is 16.3. The van der Waals surface area contributed by atoms with Gasteiger partial charge in [-0.05, 0) is 50.1 Å². The van der Waals surface area contributed by atoms with Crippen molar-refractivity contribution < 1.29 is 10.2 Å². The molecular weight excluding hydrogens is 390 g/mol. The molecule has 0 aromatic carbocycles. The number of piperazine rings is 1. The van der Waals surface area contributed by atoms with Crippen molar-refractivity contribution in [2.24, 2.45) is 11.8 Å². The largest absolute Gasteiger partial charge is 0.494 e. The number of aromatic nitrogens is 3. The van der Waals surface area contributed by atoms with Gasteiger partial charge in [0, 0.05) is 68.1 Å². The molecule has 5 aliphatic rings. The van der Waals surface area contributed by atoms with Crippen LogP contribution in [0.1, 0.15) is 48.6 Å². The van der Waals surface area contributed by atoms with Crippen LogP contribution in [0.15, 0.2) is 30.6 Å². The first-order valence-electron chi connectivity index (χ1n) is 11.8. The van der Waals surface area contributed by atoms with Gasteiger partial charge in [0.1, 0.15) is 0 Å². The zero-order valence-electron chi connectivity index (χ0n) is 17.9. The topological polar surface area (TPSA) is 77.7 Å². The minimum Gasteiger partial charge on any atom is -0.494 e. The molecule has 4 atom stereocenters. The zero-order chi connectivity index (χ0) is 20.9. The van der Waals surface area contributed by atoms with Crippen molar-refractivity contribution in [2.45, 2.75) is 44.1 Å². The normalized spacial score (nSPS) is 29.0. The molecule has 0 radical (unpaired) electrons. The van der Waals surface area contributed by atoms with Gasteiger partial charge in [-0.2, -0.15) is 0 Å². The summed E-state index contributed by atoms with van der Waals surface area (Å²) in [6.45, 7) is 5.66. The van der Waals surface area contributed by atoms with Gasteiger partial charge in [-0.25, -0.2) is 9.97 Å². The number of anilines is 1. The first-order valence-corrected chi connectivity index (χ1v) is 11.8. The Morgan fingerprint density at radius 1 is 0.806 bits per heavy atom. The van der Waals surface area contributed by atoms with Crippen LogP contribution in [0.25, 0.3) is 0 Å². The van der Waals surface area contributed by atoms with Crippen LogP contribution < -0.4 is 4.90 Å². The van der Waals surface area contributed by atoms with Crippen LogP contribution in [0, 0.1) is 11.8 Å². The Balaban J connectivity index is 1.03. The van der Waals surface area contributed by atoms with Crippen molar-refractivity contribution in [3.8, 4) is 11.8 Å². The van der Waals surface area contributed by atoms with Crippen molar-refractivity contribution in [1.29, 1.82) is 0 Å². The van der Waals surface area contributed by atoms with E-state index >= 15 is 0 Å². The summed E-state index contributed by atoms with van der Waals surface area (Å²) < 4.78 is 1.77. The third-order valence-corrected chi connectivity index (χ3v) is 8.09. The number of allylic oxidation sites excluding steroid dienone is 2. The van der Waals surface area contributed by atoms with Gasteiger partial charge in [0.15, 0.2) is 11.8 Å². The summed E-state index contributed by atoms with van der Waals surface area (Å²) in [4.78, 5) is 13.4. The first-order chi connectivity index (χ1) is 15.2. The first kappa shape index (κ1) is 19.2. The number of hydrogen-bond acceptors (Lipinski definition) is 6. The lowest BCUT2D eigenvalue weighted by molar-refractivity contribution is 0.114. The predicted molar refractivity (Wildman–Crippen MR) is 119 cm³/mol. The van der Waals surface area contributed by atoms with Crippen molar-refractivity contribution in [2.75, 3.05) is 37.6 Å². The molecule has 1 aliphatic heterocycles. The second-order valence-electron chi connectivity index (χ2n) is 9.55. The van der Waals surface area contributed by atoms with Gasteiger partial charge in [0.05, 0.1) is 0 Å². The lowest BCUT2D eigenvalue weighted by Gasteiger charge is -2.51. The quantitative estimate of drug-likeness (QED) is 0.551. The molecule has 4 aliphatic carbocycles. The second kappa shape index (κ2) is 7.55. The van der Waals surface area contributed by atoms with Gasteiger partial charge in [-0.3, -0.25) is 9.47 Å². The summed E-state index contributed by atoms with van der Waals surface area (Å²) in [5, 5.41) is 21.9. The van der Waals surface area contributed by atoms with E-state index in [0.29, 0.717) is 42.0 Å². The third kappa shape index (κ3) is 3.04. The van der Waals surface area contributed by atoms with Gasteiger partial charge >= 0.3 is 0 Å². The Hall–Kier alpha value is -2.54. The van der Waals surface area contributed by atoms with E-state index in [0.717, 1.165) is 62.6 Å². The monoisotopic (exact) mass is 421 g/mol. The molecule has 3 heterocycles. The Bertz CT molecular complexity index is 936. The lowest BCUT2D eigenvalue weighted by atomic mass is 9.52. The molecule has 7 rings (SSSR count). The van der Waals surface area contributed by atoms with E-state index in [1.807, 2.05) is 6.07 Å². The van der Waals surface area contributed by atoms with E-state index in [2.05, 4.69) is 31.9 Å². The van der Waals surface area contributed by atoms with Crippen LogP contribution in [0.3, 0.4) is 0 Å². The van der Waals surface area contributed by atoms with Crippen LogP contribution in [0.5, 0.6) is 11.8 Å². The molecule has 0 spiro atoms. The maximum absolute atomic E-state index is 10.9. The molecule has 164 valence electrons. The highest BCUT2D eigenvalue weighted by Gasteiger charge is 2.52. The van der Waals surface area contributed by atoms with Gasteiger partial charge < -0.3 is 15.1 Å². The Morgan fingerprint density at radius 2 is 1.39 bits per heavy atom. The molecule has 2 aromatic heterocycles. The highest BCUT2D eigenvalue weighted by molar-refractivity contribution is 5.58. The smallest absolute Gasteiger partial charge is 0.225 e. The van der Waals surface area contributed by atoms with E-state index in [1.165, 1.54) is 12.8 Å². The Morgan fingerprint density at radius 3 is 1.97 bits per heavy atom. The maximum atomic E-state index is 10.9. The number of hydrogen-bond donors (Lipinski definition) is 2. The molecule has 7 nitrogen and oxygen atoms in total. The van der Waals surface area contributed by atoms with Gasteiger partial charge in [-0.15, -0.1) is 0 Å². The minimum absolute atomic E-state index is 0.302. The third-order valence-electron chi connectivity index (χ3n) is 8.09. The maximum Gasteiger partial charge on any atom is 0.225 e. The molecule has 0 amide bonds. The highest BCUT2D eigenvalue weighted by Crippen LogP contribution is 2.64. The second-order valence-corrected chi connectivity index (χ2v) is 9.55. The summed E-state index contributed by atoms with van der Waals surface area (Å²) in [7, 11) is 0. The average Bonchev–Trinajstić information content (AvgIpc) is 3.04. The van der Waals surface area contributed by atoms with Crippen LogP contribution in [-0.2, 0) is 6.54 Å². The Kier molecular flexibility index (Phi) is 4.67. The molecule has 1 saturated carbocycles. The summed E-state index contributed by atoms with van der Waals surface area (Å²) in [6, 6.07) is 1.85. The zero-order valence-corrected chi connectivity index (χ0v) is 17.9. The lowest BCUT2D eigenvalue weighted by Crippen LogP contribution is -2.47. The standard InChI is InChI=1S/C24H31N5O2/c30-22-20-18-6-7-19(17-5-4-16(17)18)21(20)23(31)29(22)11-2-1-10-27-12-14-28(15-13-27)24-25-8-3-9-26-24/h3,6-9,16-19,30-31H,1-2,4-5,10-15H2/t16-,17+,18?,19?. The van der Waals surface area contributed by atoms with Crippen LogP contribution >= 0.6 is 0 Å². The van der Waals surface area contributed by atoms with Crippen molar-refractivity contribution in [1.82, 2.24) is 19.4 Å². The molecule has 31 heavy (non-hydrogen) atoms. The fourth-order valence-electron chi connectivity index (χ4n) is 6.32. The van der Waals surface area contributed by atoms with E-state index in [1.54, 1.807) is 17.0 Å². The average molecular weight is 422 g/mol. The van der Waals surface area contributed by atoms with E-state index in [9.17, 15) is 10.2 Å². The van der Waals surface area contributed by atoms with E-state index < -0.39 is 0 Å². The SMILES string of the molecule is Oc1c2c(c(O)n1CCCCN1CCN(c3ncccn3)CC1)C1C=CC2[C@H]2CC[C@@H]12. The molecule has 1 saturated heterocycles. The van der Waals surface area contributed by atoms with Crippen LogP contribution in [0.4, 0.5) is 5.95 Å². The number of rotatable bonds is 6. The van der Waals surface area contributed by atoms with Gasteiger partial charge in [0.2, 0.25) is 5.95 Å². The van der Waals surface area contributed by atoms with E-state index in [-0.39, 0.29) is 0 Å². The molecule has 2 bridgehead atoms. The van der Waals surface area contributed by atoms with E-state index in [4.69, 9.17) is 0 Å². The predicted octanol–water partition coefficient (Wildman–Crippen LogP) is 3.07. The fourth-order valence-corrected chi connectivity index (χ4v) is 6.32. The molecule has 2 fully saturated rings. The van der Waals surface area contributed by atoms with Crippen molar-refractivity contribution >= 4 is 5.95 Å². The minimum atomic E-state index is 0.302. The van der Waals surface area contributed by atoms with Crippen molar-refractivity contribution in [3.05, 3.63) is 41.7 Å². The molecule has 7 heteroatoms. The molecular formula is C24H31N5O2. The summed E-state index contributed by atoms with van der Waals surface area (Å²) in [6.07, 6.45) is 12.7. The number of nitrogens with zero attached hydrogens (tertiary/aromatic N) is 5.